The first-order valence-electron chi connectivity index (χ1n) is 6.60. The van der Waals surface area contributed by atoms with E-state index < -0.39 is 0 Å². The van der Waals surface area contributed by atoms with E-state index in [0.29, 0.717) is 12.0 Å². The summed E-state index contributed by atoms with van der Waals surface area (Å²) >= 11 is 0. The van der Waals surface area contributed by atoms with Crippen LogP contribution in [0.4, 0.5) is 0 Å². The minimum absolute atomic E-state index is 0.352. The summed E-state index contributed by atoms with van der Waals surface area (Å²) < 4.78 is 1.75. The zero-order valence-corrected chi connectivity index (χ0v) is 10.6. The van der Waals surface area contributed by atoms with Crippen molar-refractivity contribution < 1.29 is 0 Å². The Kier molecular flexibility index (Phi) is 2.95. The highest BCUT2D eigenvalue weighted by molar-refractivity contribution is 5.40. The summed E-state index contributed by atoms with van der Waals surface area (Å²) in [5.41, 5.74) is 7.69. The maximum Gasteiger partial charge on any atom is 0.199 e. The van der Waals surface area contributed by atoms with E-state index in [1.807, 2.05) is 0 Å². The quantitative estimate of drug-likeness (QED) is 0.857. The number of aromatic nitrogens is 5. The molecule has 3 rings (SSSR count). The average molecular weight is 246 g/mol. The molecule has 0 bridgehead atoms. The van der Waals surface area contributed by atoms with Gasteiger partial charge in [0.25, 0.3) is 0 Å². The molecular weight excluding hydrogens is 228 g/mol. The lowest BCUT2D eigenvalue weighted by atomic mass is 9.86. The Labute approximate surface area is 106 Å². The van der Waals surface area contributed by atoms with Crippen LogP contribution in [0.25, 0.3) is 5.65 Å². The number of rotatable bonds is 2. The van der Waals surface area contributed by atoms with E-state index in [2.05, 4.69) is 27.2 Å². The second-order valence-corrected chi connectivity index (χ2v) is 4.98. The Balaban J connectivity index is 1.96. The van der Waals surface area contributed by atoms with Gasteiger partial charge in [0.2, 0.25) is 0 Å². The topological polar surface area (TPSA) is 82.0 Å². The van der Waals surface area contributed by atoms with Gasteiger partial charge in [0.05, 0.1) is 5.69 Å². The number of hydrogen-bond donors (Lipinski definition) is 1. The maximum atomic E-state index is 5.94. The van der Waals surface area contributed by atoms with Crippen LogP contribution in [0.15, 0.2) is 6.33 Å². The van der Waals surface area contributed by atoms with Crippen molar-refractivity contribution in [1.82, 2.24) is 24.8 Å². The van der Waals surface area contributed by atoms with Crippen LogP contribution in [-0.4, -0.2) is 30.8 Å². The van der Waals surface area contributed by atoms with Crippen molar-refractivity contribution in [2.45, 2.75) is 51.0 Å². The minimum atomic E-state index is 0.352. The predicted octanol–water partition coefficient (Wildman–Crippen LogP) is 1.07. The van der Waals surface area contributed by atoms with Crippen LogP contribution in [0.5, 0.6) is 0 Å². The molecule has 1 fully saturated rings. The Morgan fingerprint density at radius 1 is 1.33 bits per heavy atom. The number of nitrogens with two attached hydrogens (primary N) is 1. The lowest BCUT2D eigenvalue weighted by Crippen LogP contribution is -2.26. The number of hydrogen-bond acceptors (Lipinski definition) is 5. The summed E-state index contributed by atoms with van der Waals surface area (Å²) in [5.74, 6) is 1.35. The van der Waals surface area contributed by atoms with Gasteiger partial charge in [-0.1, -0.05) is 6.92 Å². The summed E-state index contributed by atoms with van der Waals surface area (Å²) in [5, 5.41) is 12.5. The molecule has 0 spiro atoms. The molecular formula is C12H18N6. The lowest BCUT2D eigenvalue weighted by Gasteiger charge is -2.24. The normalized spacial score (nSPS) is 24.6. The molecule has 2 aromatic heterocycles. The van der Waals surface area contributed by atoms with E-state index in [1.165, 1.54) is 0 Å². The molecule has 1 aliphatic rings. The van der Waals surface area contributed by atoms with Crippen molar-refractivity contribution in [3.05, 3.63) is 17.8 Å². The standard InChI is InChI=1S/C12H18N6/c1-2-10-12-16-14-7-18(12)17-11(15-10)8-3-5-9(13)6-4-8/h7-9H,2-6,13H2,1H3. The smallest absolute Gasteiger partial charge is 0.199 e. The maximum absolute atomic E-state index is 5.94. The van der Waals surface area contributed by atoms with E-state index in [1.54, 1.807) is 10.8 Å². The number of fused-ring (bicyclic) bond motifs is 1. The summed E-state index contributed by atoms with van der Waals surface area (Å²) in [7, 11) is 0. The Bertz CT molecular complexity index is 540. The third-order valence-electron chi connectivity index (χ3n) is 3.72. The first-order chi connectivity index (χ1) is 8.78. The SMILES string of the molecule is CCc1nc(C2CCC(N)CC2)nn2cnnc12. The van der Waals surface area contributed by atoms with Gasteiger partial charge in [0.1, 0.15) is 6.33 Å². The molecule has 0 radical (unpaired) electrons. The van der Waals surface area contributed by atoms with Crippen molar-refractivity contribution >= 4 is 5.65 Å². The fourth-order valence-electron chi connectivity index (χ4n) is 2.60. The van der Waals surface area contributed by atoms with Gasteiger partial charge in [-0.2, -0.15) is 4.52 Å². The molecule has 18 heavy (non-hydrogen) atoms. The largest absolute Gasteiger partial charge is 0.328 e. The average Bonchev–Trinajstić information content (AvgIpc) is 2.86. The number of nitrogens with zero attached hydrogens (tertiary/aromatic N) is 5. The molecule has 1 saturated carbocycles. The van der Waals surface area contributed by atoms with Crippen molar-refractivity contribution in [3.63, 3.8) is 0 Å². The molecule has 0 aliphatic heterocycles. The summed E-state index contributed by atoms with van der Waals surface area (Å²) in [6.07, 6.45) is 6.79. The van der Waals surface area contributed by atoms with Gasteiger partial charge in [-0.15, -0.1) is 15.3 Å². The van der Waals surface area contributed by atoms with Gasteiger partial charge in [-0.05, 0) is 32.1 Å². The molecule has 2 heterocycles. The fourth-order valence-corrected chi connectivity index (χ4v) is 2.60. The second-order valence-electron chi connectivity index (χ2n) is 4.98. The van der Waals surface area contributed by atoms with Crippen LogP contribution >= 0.6 is 0 Å². The predicted molar refractivity (Wildman–Crippen MR) is 67.1 cm³/mol. The van der Waals surface area contributed by atoms with E-state index >= 15 is 0 Å². The molecule has 0 unspecified atom stereocenters. The molecule has 6 nitrogen and oxygen atoms in total. The van der Waals surface area contributed by atoms with Crippen LogP contribution in [0.1, 0.15) is 50.0 Å². The monoisotopic (exact) mass is 246 g/mol. The molecule has 6 heteroatoms. The first kappa shape index (κ1) is 11.5. The molecule has 96 valence electrons. The third kappa shape index (κ3) is 1.96. The van der Waals surface area contributed by atoms with Crippen LogP contribution in [0, 0.1) is 0 Å². The van der Waals surface area contributed by atoms with E-state index in [0.717, 1.165) is 49.3 Å². The third-order valence-corrected chi connectivity index (χ3v) is 3.72. The van der Waals surface area contributed by atoms with Crippen LogP contribution in [0.2, 0.25) is 0 Å². The van der Waals surface area contributed by atoms with E-state index in [-0.39, 0.29) is 0 Å². The molecule has 1 aliphatic carbocycles. The van der Waals surface area contributed by atoms with Gasteiger partial charge in [0.15, 0.2) is 11.5 Å². The Morgan fingerprint density at radius 2 is 2.11 bits per heavy atom. The van der Waals surface area contributed by atoms with Crippen molar-refractivity contribution in [3.8, 4) is 0 Å². The lowest BCUT2D eigenvalue weighted by molar-refractivity contribution is 0.381. The van der Waals surface area contributed by atoms with E-state index in [4.69, 9.17) is 5.73 Å². The summed E-state index contributed by atoms with van der Waals surface area (Å²) in [4.78, 5) is 4.67. The molecule has 2 N–H and O–H groups in total. The Hall–Kier alpha value is -1.56. The first-order valence-corrected chi connectivity index (χ1v) is 6.60. The highest BCUT2D eigenvalue weighted by atomic mass is 15.4. The molecule has 0 aromatic carbocycles. The fraction of sp³-hybridized carbons (Fsp3) is 0.667. The van der Waals surface area contributed by atoms with E-state index in [9.17, 15) is 0 Å². The molecule has 0 atom stereocenters. The Morgan fingerprint density at radius 3 is 2.83 bits per heavy atom. The summed E-state index contributed by atoms with van der Waals surface area (Å²) in [6.45, 7) is 2.08. The molecule has 0 amide bonds. The van der Waals surface area contributed by atoms with Crippen molar-refractivity contribution in [2.24, 2.45) is 5.73 Å². The van der Waals surface area contributed by atoms with Gasteiger partial charge in [-0.3, -0.25) is 0 Å². The van der Waals surface area contributed by atoms with Crippen LogP contribution in [-0.2, 0) is 6.42 Å². The number of aryl methyl sites for hydroxylation is 1. The van der Waals surface area contributed by atoms with Gasteiger partial charge >= 0.3 is 0 Å². The van der Waals surface area contributed by atoms with Crippen LogP contribution in [0.3, 0.4) is 0 Å². The zero-order valence-electron chi connectivity index (χ0n) is 10.6. The van der Waals surface area contributed by atoms with Crippen molar-refractivity contribution in [1.29, 1.82) is 0 Å². The van der Waals surface area contributed by atoms with Gasteiger partial charge < -0.3 is 5.73 Å². The summed E-state index contributed by atoms with van der Waals surface area (Å²) in [6, 6.07) is 0.352. The second kappa shape index (κ2) is 4.61. The zero-order chi connectivity index (χ0) is 12.5. The minimum Gasteiger partial charge on any atom is -0.328 e. The molecule has 0 saturated heterocycles. The highest BCUT2D eigenvalue weighted by Gasteiger charge is 2.23. The van der Waals surface area contributed by atoms with Gasteiger partial charge in [0, 0.05) is 12.0 Å². The van der Waals surface area contributed by atoms with Crippen molar-refractivity contribution in [2.75, 3.05) is 0 Å². The highest BCUT2D eigenvalue weighted by Crippen LogP contribution is 2.30. The van der Waals surface area contributed by atoms with Crippen LogP contribution < -0.4 is 5.73 Å². The molecule has 2 aromatic rings. The van der Waals surface area contributed by atoms with Gasteiger partial charge in [-0.25, -0.2) is 4.98 Å².